The van der Waals surface area contributed by atoms with Crippen LogP contribution < -0.4 is 0 Å². The van der Waals surface area contributed by atoms with Gasteiger partial charge in [0.25, 0.3) is 0 Å². The number of ether oxygens (including phenoxy) is 8. The molecule has 0 aromatic rings. The summed E-state index contributed by atoms with van der Waals surface area (Å²) in [4.78, 5) is 0. The van der Waals surface area contributed by atoms with Gasteiger partial charge in [0.1, 0.15) is 11.2 Å². The molecule has 16 heteroatoms. The molecule has 52 heavy (non-hydrogen) atoms. The summed E-state index contributed by atoms with van der Waals surface area (Å²) in [7, 11) is 0. The molecule has 0 aromatic heterocycles. The SMILES string of the molecule is C=C.C=C.[CH2-]COCC1(CO)COCC(C)(C)COCC(CO)(COC[CH2-])OCC(C)(CO)COCC(C)(C)COCC(C)(CO)CO1.[Rf].[Rf].[Rf].[Rf]. The first kappa shape index (κ1) is 59.2. The summed E-state index contributed by atoms with van der Waals surface area (Å²) in [5.41, 5.74) is -4.72. The first-order chi connectivity index (χ1) is 22.6. The second-order valence-corrected chi connectivity index (χ2v) is 14.6. The van der Waals surface area contributed by atoms with Crippen LogP contribution >= 0.6 is 0 Å². The molecule has 1 fully saturated rings. The van der Waals surface area contributed by atoms with Crippen LogP contribution in [0.3, 0.4) is 0 Å². The summed E-state index contributed by atoms with van der Waals surface area (Å²) in [5.74, 6) is 0. The Kier molecular flexibility index (Phi) is 32.6. The zero-order valence-corrected chi connectivity index (χ0v) is 59.5. The molecule has 1 aliphatic rings. The Morgan fingerprint density at radius 3 is 0.962 bits per heavy atom. The van der Waals surface area contributed by atoms with Crippen molar-refractivity contribution in [3.63, 3.8) is 0 Å². The summed E-state index contributed by atoms with van der Waals surface area (Å²) >= 11 is 0. The molecule has 0 aromatic carbocycles. The first-order valence-corrected chi connectivity index (χ1v) is 16.4. The van der Waals surface area contributed by atoms with E-state index in [0.717, 1.165) is 0 Å². The van der Waals surface area contributed by atoms with Crippen molar-refractivity contribution in [1.82, 2.24) is 0 Å². The van der Waals surface area contributed by atoms with E-state index in [9.17, 15) is 20.4 Å². The summed E-state index contributed by atoms with van der Waals surface area (Å²) in [5, 5.41) is 41.2. The fourth-order valence-electron chi connectivity index (χ4n) is 4.22. The molecule has 0 spiro atoms. The van der Waals surface area contributed by atoms with Crippen LogP contribution in [0.5, 0.6) is 0 Å². The number of aliphatic hydroxyl groups is 4. The van der Waals surface area contributed by atoms with E-state index >= 15 is 0 Å². The monoisotopic (exact) mass is 1760 g/mol. The van der Waals surface area contributed by atoms with Gasteiger partial charge in [-0.1, -0.05) is 54.8 Å². The second kappa shape index (κ2) is 28.7. The Bertz CT molecular complexity index is 759. The maximum Gasteiger partial charge on any atom is 0.137 e. The van der Waals surface area contributed by atoms with Crippen LogP contribution in [0, 0.1) is 35.5 Å². The van der Waals surface area contributed by atoms with Gasteiger partial charge >= 0.3 is 0 Å². The fraction of sp³-hybridized carbons (Fsp3) is 0.833. The summed E-state index contributed by atoms with van der Waals surface area (Å²) in [6, 6.07) is 0. The Labute approximate surface area is 291 Å². The predicted octanol–water partition coefficient (Wildman–Crippen LogP) is 2.92. The standard InChI is InChI=1S/C32H62O12.2C2H4.4Rf/c1-9-37-23-31(13-35)25-41-17-28(5,6)18-42-26-32(14-36,24-38-10-2)44-22-30(8,12-34)20-40-16-27(3,4)15-39-19-29(7,11-33)21-43-31;2*1-2;;;;/h33-36H,1-2,9-26H2,3-8H3;2*1-2H2;;;;/q-2;;;;;;. The summed E-state index contributed by atoms with van der Waals surface area (Å²) in [6.45, 7) is 32.3. The summed E-state index contributed by atoms with van der Waals surface area (Å²) in [6.07, 6.45) is 0. The molecule has 4 atom stereocenters. The quantitative estimate of drug-likeness (QED) is 0.188. The molecule has 0 aliphatic carbocycles. The number of aliphatic hydroxyl groups excluding tert-OH is 4. The van der Waals surface area contributed by atoms with Gasteiger partial charge in [-0.05, 0) is 0 Å². The maximum absolute atomic E-state index is 10.4. The van der Waals surface area contributed by atoms with E-state index < -0.39 is 27.4 Å². The summed E-state index contributed by atoms with van der Waals surface area (Å²) < 4.78 is 47.8. The van der Waals surface area contributed by atoms with E-state index in [1.807, 2.05) is 41.5 Å². The van der Waals surface area contributed by atoms with E-state index in [2.05, 4.69) is 40.2 Å². The van der Waals surface area contributed by atoms with Crippen molar-refractivity contribution in [2.45, 2.75) is 52.7 Å². The fourth-order valence-corrected chi connectivity index (χ4v) is 4.22. The van der Waals surface area contributed by atoms with Crippen LogP contribution in [-0.2, 0) is 37.9 Å². The normalized spacial score (nSPS) is 29.0. The first-order valence-electron chi connectivity index (χ1n) is 16.4. The average Bonchev–Trinajstić information content (AvgIpc) is 3.08. The van der Waals surface area contributed by atoms with Crippen molar-refractivity contribution >= 4 is 0 Å². The molecule has 1 heterocycles. The number of hydrogen-bond donors (Lipinski definition) is 4. The van der Waals surface area contributed by atoms with Crippen molar-refractivity contribution in [3.05, 3.63) is 40.2 Å². The van der Waals surface area contributed by atoms with Crippen LogP contribution in [-0.4, -0.2) is 151 Å². The molecule has 4 N–H and O–H groups in total. The molecule has 0 amide bonds. The van der Waals surface area contributed by atoms with Crippen LogP contribution in [0.2, 0.25) is 0 Å². The third-order valence-electron chi connectivity index (χ3n) is 7.41. The van der Waals surface area contributed by atoms with Gasteiger partial charge in [-0.3, -0.25) is 0 Å². The largest absolute Gasteiger partial charge is 0.410 e. The van der Waals surface area contributed by atoms with Crippen LogP contribution in [0.4, 0.5) is 0 Å². The number of hydrogen-bond acceptors (Lipinski definition) is 12. The predicted molar refractivity (Wildman–Crippen MR) is 188 cm³/mol. The van der Waals surface area contributed by atoms with Crippen molar-refractivity contribution < 1.29 is 58.3 Å². The van der Waals surface area contributed by atoms with Gasteiger partial charge in [0, 0.05) is 21.7 Å². The van der Waals surface area contributed by atoms with Gasteiger partial charge < -0.3 is 72.2 Å². The van der Waals surface area contributed by atoms with Crippen molar-refractivity contribution in [2.75, 3.05) is 119 Å². The number of rotatable bonds is 10. The van der Waals surface area contributed by atoms with Gasteiger partial charge in [0.2, 0.25) is 0 Å². The second-order valence-electron chi connectivity index (χ2n) is 14.6. The molecule has 1 saturated heterocycles. The van der Waals surface area contributed by atoms with E-state index in [-0.39, 0.29) is 111 Å². The van der Waals surface area contributed by atoms with E-state index in [1.165, 1.54) is 0 Å². The molecule has 1 rings (SSSR count). The van der Waals surface area contributed by atoms with E-state index in [4.69, 9.17) is 37.9 Å². The zero-order chi connectivity index (χ0) is 37.4. The van der Waals surface area contributed by atoms with Crippen molar-refractivity contribution in [2.24, 2.45) is 21.7 Å². The molecular formula is C36H70O12Rf4-2. The van der Waals surface area contributed by atoms with Crippen LogP contribution in [0.1, 0.15) is 41.5 Å². The smallest absolute Gasteiger partial charge is 0.137 e. The van der Waals surface area contributed by atoms with Crippen LogP contribution in [0.15, 0.2) is 26.3 Å². The molecule has 0 saturated carbocycles. The van der Waals surface area contributed by atoms with Gasteiger partial charge in [-0.2, -0.15) is 0 Å². The minimum absolute atomic E-state index is 0. The third-order valence-corrected chi connectivity index (χ3v) is 7.41. The van der Waals surface area contributed by atoms with Crippen molar-refractivity contribution in [3.8, 4) is 0 Å². The Morgan fingerprint density at radius 2 is 0.731 bits per heavy atom. The molecule has 296 valence electrons. The molecule has 4 unspecified atom stereocenters. The molecule has 0 radical (unpaired) electrons. The zero-order valence-electron chi connectivity index (χ0n) is 33.9. The van der Waals surface area contributed by atoms with Gasteiger partial charge in [0.05, 0.1) is 106 Å². The van der Waals surface area contributed by atoms with E-state index in [0.29, 0.717) is 13.2 Å². The maximum atomic E-state index is 10.4. The van der Waals surface area contributed by atoms with Gasteiger partial charge in [0.15, 0.2) is 0 Å². The van der Waals surface area contributed by atoms with Gasteiger partial charge in [-0.15, -0.1) is 26.3 Å². The minimum atomic E-state index is -1.18. The van der Waals surface area contributed by atoms with Crippen LogP contribution in [0.25, 0.3) is 0 Å². The molecular weight excluding hydrogens is 1690 g/mol. The van der Waals surface area contributed by atoms with Crippen molar-refractivity contribution in [1.29, 1.82) is 0 Å². The minimum Gasteiger partial charge on any atom is -0.410 e. The molecule has 0 bridgehead atoms. The topological polar surface area (TPSA) is 155 Å². The Balaban J connectivity index is -0.000000637. The Morgan fingerprint density at radius 1 is 0.462 bits per heavy atom. The van der Waals surface area contributed by atoms with Gasteiger partial charge in [-0.25, -0.2) is 0 Å². The average molecular weight is 1760 g/mol. The third kappa shape index (κ3) is 22.0. The molecule has 12 nitrogen and oxygen atoms in total. The van der Waals surface area contributed by atoms with E-state index in [1.54, 1.807) is 0 Å². The molecule has 1 aliphatic heterocycles. The Hall–Kier alpha value is -5.00.